The molecule has 1 aliphatic heterocycles. The summed E-state index contributed by atoms with van der Waals surface area (Å²) in [5.41, 5.74) is -0.844. The van der Waals surface area contributed by atoms with Crippen LogP contribution in [0.25, 0.3) is 0 Å². The third-order valence-corrected chi connectivity index (χ3v) is 4.78. The van der Waals surface area contributed by atoms with E-state index in [0.717, 1.165) is 51.6 Å². The van der Waals surface area contributed by atoms with Crippen LogP contribution < -0.4 is 5.32 Å². The summed E-state index contributed by atoms with van der Waals surface area (Å²) in [5.74, 6) is 0. The topological polar surface area (TPSA) is 52.5 Å². The van der Waals surface area contributed by atoms with Gasteiger partial charge in [0.15, 0.2) is 0 Å². The van der Waals surface area contributed by atoms with Gasteiger partial charge in [0.2, 0.25) is 0 Å². The summed E-state index contributed by atoms with van der Waals surface area (Å²) in [5, 5.41) is 24.0. The second-order valence-electron chi connectivity index (χ2n) is 5.63. The van der Waals surface area contributed by atoms with Gasteiger partial charge in [-0.3, -0.25) is 0 Å². The van der Waals surface area contributed by atoms with Crippen LogP contribution in [-0.4, -0.2) is 35.5 Å². The van der Waals surface area contributed by atoms with E-state index in [-0.39, 0.29) is 12.0 Å². The van der Waals surface area contributed by atoms with Gasteiger partial charge in [-0.05, 0) is 38.8 Å². The van der Waals surface area contributed by atoms with E-state index in [0.29, 0.717) is 0 Å². The highest BCUT2D eigenvalue weighted by atomic mass is 16.3. The second-order valence-corrected chi connectivity index (χ2v) is 5.63. The van der Waals surface area contributed by atoms with Crippen molar-refractivity contribution in [3.05, 3.63) is 0 Å². The van der Waals surface area contributed by atoms with Gasteiger partial charge < -0.3 is 15.5 Å². The van der Waals surface area contributed by atoms with Gasteiger partial charge in [0.05, 0.1) is 12.2 Å². The predicted molar refractivity (Wildman–Crippen MR) is 64.3 cm³/mol. The Morgan fingerprint density at radius 1 is 0.875 bits per heavy atom. The summed E-state index contributed by atoms with van der Waals surface area (Å²) in [7, 11) is 0. The zero-order valence-electron chi connectivity index (χ0n) is 10.2. The van der Waals surface area contributed by atoms with Crippen LogP contribution in [0.1, 0.15) is 51.4 Å². The molecule has 2 aliphatic rings. The predicted octanol–water partition coefficient (Wildman–Crippen LogP) is 1.43. The van der Waals surface area contributed by atoms with Crippen LogP contribution in [0.3, 0.4) is 0 Å². The maximum absolute atomic E-state index is 10.9. The minimum Gasteiger partial charge on any atom is -0.396 e. The zero-order chi connectivity index (χ0) is 11.5. The van der Waals surface area contributed by atoms with E-state index >= 15 is 0 Å². The highest BCUT2D eigenvalue weighted by Crippen LogP contribution is 2.47. The van der Waals surface area contributed by atoms with Crippen molar-refractivity contribution in [2.45, 2.75) is 57.0 Å². The Bertz CT molecular complexity index is 216. The molecule has 0 aromatic heterocycles. The standard InChI is InChI=1S/C13H25NO2/c15-11-12(5-3-1-2-4-6-12)13(16)7-9-14-10-8-13/h14-16H,1-11H2. The monoisotopic (exact) mass is 227 g/mol. The fourth-order valence-electron chi connectivity index (χ4n) is 3.55. The third kappa shape index (κ3) is 2.13. The van der Waals surface area contributed by atoms with E-state index in [4.69, 9.17) is 0 Å². The Morgan fingerprint density at radius 2 is 1.44 bits per heavy atom. The van der Waals surface area contributed by atoms with E-state index < -0.39 is 5.60 Å². The molecule has 3 nitrogen and oxygen atoms in total. The van der Waals surface area contributed by atoms with Gasteiger partial charge in [0, 0.05) is 5.41 Å². The van der Waals surface area contributed by atoms with Gasteiger partial charge in [-0.15, -0.1) is 0 Å². The van der Waals surface area contributed by atoms with Gasteiger partial charge in [0.25, 0.3) is 0 Å². The molecule has 0 spiro atoms. The molecule has 3 heteroatoms. The molecule has 94 valence electrons. The molecule has 0 bridgehead atoms. The average molecular weight is 227 g/mol. The maximum Gasteiger partial charge on any atom is 0.0749 e. The molecule has 0 aromatic rings. The molecule has 0 aromatic carbocycles. The van der Waals surface area contributed by atoms with Gasteiger partial charge in [-0.2, -0.15) is 0 Å². The molecular formula is C13H25NO2. The van der Waals surface area contributed by atoms with Crippen LogP contribution in [-0.2, 0) is 0 Å². The lowest BCUT2D eigenvalue weighted by Gasteiger charge is -2.48. The van der Waals surface area contributed by atoms with E-state index in [1.165, 1.54) is 12.8 Å². The maximum atomic E-state index is 10.9. The Hall–Kier alpha value is -0.120. The van der Waals surface area contributed by atoms with E-state index in [2.05, 4.69) is 5.32 Å². The summed E-state index contributed by atoms with van der Waals surface area (Å²) in [6, 6.07) is 0. The first-order valence-corrected chi connectivity index (χ1v) is 6.76. The van der Waals surface area contributed by atoms with Crippen LogP contribution >= 0.6 is 0 Å². The number of hydrogen-bond acceptors (Lipinski definition) is 3. The Labute approximate surface area is 98.2 Å². The lowest BCUT2D eigenvalue weighted by molar-refractivity contribution is -0.134. The van der Waals surface area contributed by atoms with Crippen LogP contribution in [0, 0.1) is 5.41 Å². The lowest BCUT2D eigenvalue weighted by atomic mass is 9.63. The Balaban J connectivity index is 2.16. The number of rotatable bonds is 2. The lowest BCUT2D eigenvalue weighted by Crippen LogP contribution is -2.55. The summed E-state index contributed by atoms with van der Waals surface area (Å²) in [4.78, 5) is 0. The van der Waals surface area contributed by atoms with Crippen molar-refractivity contribution in [3.63, 3.8) is 0 Å². The summed E-state index contributed by atoms with van der Waals surface area (Å²) >= 11 is 0. The molecule has 3 N–H and O–H groups in total. The van der Waals surface area contributed by atoms with Crippen molar-refractivity contribution < 1.29 is 10.2 Å². The molecule has 2 fully saturated rings. The van der Waals surface area contributed by atoms with E-state index in [9.17, 15) is 10.2 Å². The van der Waals surface area contributed by atoms with Crippen LogP contribution in [0.2, 0.25) is 0 Å². The number of aliphatic hydroxyl groups is 2. The minimum atomic E-state index is -0.628. The number of piperidine rings is 1. The summed E-state index contributed by atoms with van der Waals surface area (Å²) in [6.07, 6.45) is 8.44. The zero-order valence-corrected chi connectivity index (χ0v) is 10.2. The SMILES string of the molecule is OCC1(C2(O)CCNCC2)CCCCCC1. The molecule has 1 heterocycles. The van der Waals surface area contributed by atoms with Crippen LogP contribution in [0.5, 0.6) is 0 Å². The van der Waals surface area contributed by atoms with Crippen LogP contribution in [0.4, 0.5) is 0 Å². The quantitative estimate of drug-likeness (QED) is 0.626. The molecule has 0 amide bonds. The highest BCUT2D eigenvalue weighted by Gasteiger charge is 2.49. The molecule has 0 atom stereocenters. The van der Waals surface area contributed by atoms with Crippen molar-refractivity contribution in [1.82, 2.24) is 5.32 Å². The molecule has 16 heavy (non-hydrogen) atoms. The first-order valence-electron chi connectivity index (χ1n) is 6.76. The first kappa shape index (κ1) is 12.3. The van der Waals surface area contributed by atoms with Gasteiger partial charge in [-0.25, -0.2) is 0 Å². The van der Waals surface area contributed by atoms with Crippen molar-refractivity contribution in [2.75, 3.05) is 19.7 Å². The first-order chi connectivity index (χ1) is 7.72. The third-order valence-electron chi connectivity index (χ3n) is 4.78. The van der Waals surface area contributed by atoms with E-state index in [1.807, 2.05) is 0 Å². The number of nitrogens with one attached hydrogen (secondary N) is 1. The smallest absolute Gasteiger partial charge is 0.0749 e. The van der Waals surface area contributed by atoms with Crippen LogP contribution in [0.15, 0.2) is 0 Å². The molecule has 1 saturated carbocycles. The normalized spacial score (nSPS) is 29.6. The van der Waals surface area contributed by atoms with E-state index in [1.54, 1.807) is 0 Å². The molecule has 1 saturated heterocycles. The summed E-state index contributed by atoms with van der Waals surface area (Å²) in [6.45, 7) is 1.93. The molecule has 2 rings (SSSR count). The van der Waals surface area contributed by atoms with Gasteiger partial charge >= 0.3 is 0 Å². The highest BCUT2D eigenvalue weighted by molar-refractivity contribution is 5.01. The number of hydrogen-bond donors (Lipinski definition) is 3. The van der Waals surface area contributed by atoms with Gasteiger partial charge in [-0.1, -0.05) is 25.7 Å². The minimum absolute atomic E-state index is 0.156. The fraction of sp³-hybridized carbons (Fsp3) is 1.00. The van der Waals surface area contributed by atoms with Gasteiger partial charge in [0.1, 0.15) is 0 Å². The van der Waals surface area contributed by atoms with Crippen molar-refractivity contribution in [2.24, 2.45) is 5.41 Å². The Kier molecular flexibility index (Phi) is 3.88. The average Bonchev–Trinajstić information content (AvgIpc) is 2.56. The second kappa shape index (κ2) is 5.03. The molecule has 0 unspecified atom stereocenters. The number of aliphatic hydroxyl groups excluding tert-OH is 1. The van der Waals surface area contributed by atoms with Crippen molar-refractivity contribution >= 4 is 0 Å². The molecule has 0 radical (unpaired) electrons. The largest absolute Gasteiger partial charge is 0.396 e. The van der Waals surface area contributed by atoms with Crippen molar-refractivity contribution in [1.29, 1.82) is 0 Å². The molecular weight excluding hydrogens is 202 g/mol. The molecule has 1 aliphatic carbocycles. The summed E-state index contributed by atoms with van der Waals surface area (Å²) < 4.78 is 0. The van der Waals surface area contributed by atoms with Crippen molar-refractivity contribution in [3.8, 4) is 0 Å². The fourth-order valence-corrected chi connectivity index (χ4v) is 3.55. The Morgan fingerprint density at radius 3 is 1.94 bits per heavy atom.